The molecule has 1 aliphatic rings. The van der Waals surface area contributed by atoms with E-state index < -0.39 is 0 Å². The summed E-state index contributed by atoms with van der Waals surface area (Å²) in [4.78, 5) is 0. The van der Waals surface area contributed by atoms with Crippen LogP contribution in [0.4, 0.5) is 0 Å². The fourth-order valence-electron chi connectivity index (χ4n) is 2.27. The molecule has 2 unspecified atom stereocenters. The van der Waals surface area contributed by atoms with Gasteiger partial charge in [-0.15, -0.1) is 0 Å². The quantitative estimate of drug-likeness (QED) is 0.718. The zero-order chi connectivity index (χ0) is 10.6. The SMILES string of the molecule is CCC1CC(CN)(NC(C)C)CCO1. The van der Waals surface area contributed by atoms with Gasteiger partial charge in [-0.2, -0.15) is 0 Å². The molecule has 84 valence electrons. The number of nitrogens with one attached hydrogen (secondary N) is 1. The van der Waals surface area contributed by atoms with Crippen molar-refractivity contribution in [2.45, 2.75) is 57.7 Å². The molecule has 14 heavy (non-hydrogen) atoms. The number of rotatable bonds is 4. The van der Waals surface area contributed by atoms with Gasteiger partial charge < -0.3 is 15.8 Å². The van der Waals surface area contributed by atoms with Crippen LogP contribution in [0.5, 0.6) is 0 Å². The summed E-state index contributed by atoms with van der Waals surface area (Å²) in [7, 11) is 0. The summed E-state index contributed by atoms with van der Waals surface area (Å²) < 4.78 is 5.67. The zero-order valence-corrected chi connectivity index (χ0v) is 9.68. The summed E-state index contributed by atoms with van der Waals surface area (Å²) in [6.45, 7) is 8.08. The standard InChI is InChI=1S/C11H24N2O/c1-4-10-7-11(8-12,5-6-14-10)13-9(2)3/h9-10,13H,4-8,12H2,1-3H3. The van der Waals surface area contributed by atoms with E-state index in [2.05, 4.69) is 26.1 Å². The Morgan fingerprint density at radius 2 is 2.29 bits per heavy atom. The predicted molar refractivity (Wildman–Crippen MR) is 59.3 cm³/mol. The minimum absolute atomic E-state index is 0.118. The van der Waals surface area contributed by atoms with Crippen molar-refractivity contribution < 1.29 is 4.74 Å². The molecule has 1 fully saturated rings. The fraction of sp³-hybridized carbons (Fsp3) is 1.00. The second-order valence-electron chi connectivity index (χ2n) is 4.64. The van der Waals surface area contributed by atoms with Gasteiger partial charge in [-0.3, -0.25) is 0 Å². The second-order valence-corrected chi connectivity index (χ2v) is 4.64. The van der Waals surface area contributed by atoms with Gasteiger partial charge in [0.05, 0.1) is 6.10 Å². The highest BCUT2D eigenvalue weighted by molar-refractivity contribution is 4.94. The highest BCUT2D eigenvalue weighted by Crippen LogP contribution is 2.26. The van der Waals surface area contributed by atoms with E-state index in [-0.39, 0.29) is 5.54 Å². The number of nitrogens with two attached hydrogens (primary N) is 1. The van der Waals surface area contributed by atoms with E-state index in [1.54, 1.807) is 0 Å². The van der Waals surface area contributed by atoms with Crippen LogP contribution in [0.2, 0.25) is 0 Å². The van der Waals surface area contributed by atoms with Crippen molar-refractivity contribution in [2.75, 3.05) is 13.2 Å². The maximum Gasteiger partial charge on any atom is 0.0590 e. The molecule has 3 heteroatoms. The van der Waals surface area contributed by atoms with Crippen LogP contribution < -0.4 is 11.1 Å². The Bertz CT molecular complexity index is 173. The van der Waals surface area contributed by atoms with Gasteiger partial charge in [0.1, 0.15) is 0 Å². The Kier molecular flexibility index (Phi) is 4.35. The monoisotopic (exact) mass is 200 g/mol. The molecule has 0 spiro atoms. The van der Waals surface area contributed by atoms with Crippen LogP contribution in [-0.2, 0) is 4.74 Å². The second kappa shape index (κ2) is 5.10. The van der Waals surface area contributed by atoms with Crippen molar-refractivity contribution in [1.29, 1.82) is 0 Å². The molecule has 1 heterocycles. The fourth-order valence-corrected chi connectivity index (χ4v) is 2.27. The maximum atomic E-state index is 5.89. The van der Waals surface area contributed by atoms with Crippen LogP contribution in [0.3, 0.4) is 0 Å². The van der Waals surface area contributed by atoms with Crippen molar-refractivity contribution in [3.05, 3.63) is 0 Å². The molecule has 0 amide bonds. The van der Waals surface area contributed by atoms with E-state index in [1.165, 1.54) is 0 Å². The molecule has 0 aromatic rings. The summed E-state index contributed by atoms with van der Waals surface area (Å²) in [5.41, 5.74) is 6.00. The topological polar surface area (TPSA) is 47.3 Å². The van der Waals surface area contributed by atoms with Gasteiger partial charge in [0, 0.05) is 24.7 Å². The number of ether oxygens (including phenoxy) is 1. The van der Waals surface area contributed by atoms with Crippen LogP contribution in [0.25, 0.3) is 0 Å². The first-order valence-electron chi connectivity index (χ1n) is 5.71. The van der Waals surface area contributed by atoms with Crippen LogP contribution in [0.1, 0.15) is 40.0 Å². The summed E-state index contributed by atoms with van der Waals surface area (Å²) in [6.07, 6.45) is 3.57. The summed E-state index contributed by atoms with van der Waals surface area (Å²) in [5.74, 6) is 0. The van der Waals surface area contributed by atoms with Gasteiger partial charge >= 0.3 is 0 Å². The van der Waals surface area contributed by atoms with Crippen LogP contribution >= 0.6 is 0 Å². The van der Waals surface area contributed by atoms with E-state index in [9.17, 15) is 0 Å². The first kappa shape index (κ1) is 12.0. The largest absolute Gasteiger partial charge is 0.378 e. The van der Waals surface area contributed by atoms with Gasteiger partial charge in [-0.05, 0) is 19.3 Å². The maximum absolute atomic E-state index is 5.89. The molecular formula is C11H24N2O. The van der Waals surface area contributed by atoms with E-state index in [4.69, 9.17) is 10.5 Å². The highest BCUT2D eigenvalue weighted by Gasteiger charge is 2.35. The smallest absolute Gasteiger partial charge is 0.0590 e. The minimum Gasteiger partial charge on any atom is -0.378 e. The van der Waals surface area contributed by atoms with Crippen molar-refractivity contribution in [3.63, 3.8) is 0 Å². The lowest BCUT2D eigenvalue weighted by molar-refractivity contribution is -0.0299. The van der Waals surface area contributed by atoms with Crippen LogP contribution in [-0.4, -0.2) is 30.8 Å². The Balaban J connectivity index is 2.58. The van der Waals surface area contributed by atoms with Gasteiger partial charge in [-0.25, -0.2) is 0 Å². The Labute approximate surface area is 87.4 Å². The Hall–Kier alpha value is -0.120. The molecule has 1 saturated heterocycles. The molecule has 2 atom stereocenters. The molecule has 0 aromatic carbocycles. The third kappa shape index (κ3) is 2.94. The first-order chi connectivity index (χ1) is 6.62. The van der Waals surface area contributed by atoms with Crippen molar-refractivity contribution >= 4 is 0 Å². The minimum atomic E-state index is 0.118. The Morgan fingerprint density at radius 3 is 2.79 bits per heavy atom. The first-order valence-corrected chi connectivity index (χ1v) is 5.71. The van der Waals surface area contributed by atoms with Gasteiger partial charge in [0.15, 0.2) is 0 Å². The van der Waals surface area contributed by atoms with E-state index in [0.717, 1.165) is 25.9 Å². The molecule has 0 aliphatic carbocycles. The van der Waals surface area contributed by atoms with Crippen molar-refractivity contribution in [2.24, 2.45) is 5.73 Å². The normalized spacial score (nSPS) is 33.6. The van der Waals surface area contributed by atoms with E-state index in [1.807, 2.05) is 0 Å². The number of hydrogen-bond donors (Lipinski definition) is 2. The third-order valence-electron chi connectivity index (χ3n) is 2.99. The highest BCUT2D eigenvalue weighted by atomic mass is 16.5. The van der Waals surface area contributed by atoms with Crippen LogP contribution in [0.15, 0.2) is 0 Å². The van der Waals surface area contributed by atoms with Crippen LogP contribution in [0, 0.1) is 0 Å². The molecule has 3 N–H and O–H groups in total. The molecule has 1 aliphatic heterocycles. The molecule has 1 rings (SSSR count). The van der Waals surface area contributed by atoms with E-state index >= 15 is 0 Å². The van der Waals surface area contributed by atoms with Gasteiger partial charge in [-0.1, -0.05) is 20.8 Å². The average molecular weight is 200 g/mol. The third-order valence-corrected chi connectivity index (χ3v) is 2.99. The summed E-state index contributed by atoms with van der Waals surface area (Å²) in [5, 5.41) is 3.60. The summed E-state index contributed by atoms with van der Waals surface area (Å²) >= 11 is 0. The average Bonchev–Trinajstić information content (AvgIpc) is 2.17. The predicted octanol–water partition coefficient (Wildman–Crippen LogP) is 1.27. The zero-order valence-electron chi connectivity index (χ0n) is 9.68. The molecule has 0 saturated carbocycles. The van der Waals surface area contributed by atoms with Gasteiger partial charge in [0.25, 0.3) is 0 Å². The Morgan fingerprint density at radius 1 is 1.57 bits per heavy atom. The van der Waals surface area contributed by atoms with E-state index in [0.29, 0.717) is 18.7 Å². The summed E-state index contributed by atoms with van der Waals surface area (Å²) in [6, 6.07) is 0.495. The van der Waals surface area contributed by atoms with Crippen molar-refractivity contribution in [1.82, 2.24) is 5.32 Å². The molecular weight excluding hydrogens is 176 g/mol. The molecule has 0 radical (unpaired) electrons. The van der Waals surface area contributed by atoms with Crippen molar-refractivity contribution in [3.8, 4) is 0 Å². The molecule has 0 aromatic heterocycles. The lowest BCUT2D eigenvalue weighted by Crippen LogP contribution is -2.58. The molecule has 3 nitrogen and oxygen atoms in total. The van der Waals surface area contributed by atoms with Gasteiger partial charge in [0.2, 0.25) is 0 Å². The molecule has 0 bridgehead atoms. The number of hydrogen-bond acceptors (Lipinski definition) is 3. The lowest BCUT2D eigenvalue weighted by atomic mass is 9.85. The lowest BCUT2D eigenvalue weighted by Gasteiger charge is -2.42.